The molecule has 0 aliphatic heterocycles. The SMILES string of the molecule is CC(C)(O)C#Cc1ccc2c(c1)c(-c1cn[nH]c1)cn2CCO. The van der Waals surface area contributed by atoms with Crippen LogP contribution in [0.1, 0.15) is 19.4 Å². The van der Waals surface area contributed by atoms with Crippen molar-refractivity contribution in [1.29, 1.82) is 0 Å². The van der Waals surface area contributed by atoms with Crippen molar-refractivity contribution in [3.8, 4) is 23.0 Å². The molecule has 2 aromatic heterocycles. The highest BCUT2D eigenvalue weighted by molar-refractivity contribution is 5.96. The summed E-state index contributed by atoms with van der Waals surface area (Å²) in [4.78, 5) is 0. The van der Waals surface area contributed by atoms with Crippen LogP contribution < -0.4 is 0 Å². The molecular formula is C18H19N3O2. The summed E-state index contributed by atoms with van der Waals surface area (Å²) >= 11 is 0. The van der Waals surface area contributed by atoms with Gasteiger partial charge < -0.3 is 14.8 Å². The van der Waals surface area contributed by atoms with Gasteiger partial charge >= 0.3 is 0 Å². The molecule has 0 unspecified atom stereocenters. The quantitative estimate of drug-likeness (QED) is 0.649. The number of hydrogen-bond donors (Lipinski definition) is 3. The number of aromatic nitrogens is 3. The Kier molecular flexibility index (Phi) is 3.95. The Morgan fingerprint density at radius 2 is 2.17 bits per heavy atom. The van der Waals surface area contributed by atoms with Crippen molar-refractivity contribution in [1.82, 2.24) is 14.8 Å². The summed E-state index contributed by atoms with van der Waals surface area (Å²) in [7, 11) is 0. The fourth-order valence-corrected chi connectivity index (χ4v) is 2.52. The second-order valence-electron chi connectivity index (χ2n) is 5.99. The number of fused-ring (bicyclic) bond motifs is 1. The second kappa shape index (κ2) is 5.92. The summed E-state index contributed by atoms with van der Waals surface area (Å²) in [5.41, 5.74) is 2.87. The Balaban J connectivity index is 2.16. The summed E-state index contributed by atoms with van der Waals surface area (Å²) in [6.45, 7) is 3.93. The minimum absolute atomic E-state index is 0.0782. The molecule has 0 saturated heterocycles. The largest absolute Gasteiger partial charge is 0.395 e. The number of H-pyrrole nitrogens is 1. The molecule has 0 aliphatic rings. The van der Waals surface area contributed by atoms with Crippen molar-refractivity contribution in [2.45, 2.75) is 26.0 Å². The van der Waals surface area contributed by atoms with Gasteiger partial charge in [0.2, 0.25) is 0 Å². The highest BCUT2D eigenvalue weighted by Crippen LogP contribution is 2.30. The van der Waals surface area contributed by atoms with Crippen LogP contribution in [-0.2, 0) is 6.54 Å². The van der Waals surface area contributed by atoms with Crippen LogP contribution in [0.2, 0.25) is 0 Å². The topological polar surface area (TPSA) is 74.1 Å². The van der Waals surface area contributed by atoms with E-state index in [1.54, 1.807) is 20.0 Å². The molecule has 0 spiro atoms. The van der Waals surface area contributed by atoms with Gasteiger partial charge in [0.15, 0.2) is 0 Å². The smallest absolute Gasteiger partial charge is 0.120 e. The molecule has 5 nitrogen and oxygen atoms in total. The van der Waals surface area contributed by atoms with Gasteiger partial charge in [-0.2, -0.15) is 5.10 Å². The van der Waals surface area contributed by atoms with E-state index in [4.69, 9.17) is 0 Å². The van der Waals surface area contributed by atoms with Crippen LogP contribution in [0.15, 0.2) is 36.8 Å². The maximum absolute atomic E-state index is 9.75. The fourth-order valence-electron chi connectivity index (χ4n) is 2.52. The van der Waals surface area contributed by atoms with Gasteiger partial charge in [-0.15, -0.1) is 0 Å². The molecule has 3 aromatic rings. The van der Waals surface area contributed by atoms with Crippen molar-refractivity contribution in [2.24, 2.45) is 0 Å². The van der Waals surface area contributed by atoms with E-state index in [9.17, 15) is 10.2 Å². The Labute approximate surface area is 134 Å². The van der Waals surface area contributed by atoms with Crippen LogP contribution in [0, 0.1) is 11.8 Å². The third kappa shape index (κ3) is 3.29. The summed E-state index contributed by atoms with van der Waals surface area (Å²) in [6.07, 6.45) is 5.62. The summed E-state index contributed by atoms with van der Waals surface area (Å²) in [6, 6.07) is 5.92. The molecule has 118 valence electrons. The highest BCUT2D eigenvalue weighted by atomic mass is 16.3. The van der Waals surface area contributed by atoms with E-state index in [0.29, 0.717) is 6.54 Å². The van der Waals surface area contributed by atoms with Crippen molar-refractivity contribution in [3.63, 3.8) is 0 Å². The van der Waals surface area contributed by atoms with E-state index in [2.05, 4.69) is 22.0 Å². The normalized spacial score (nSPS) is 11.5. The van der Waals surface area contributed by atoms with Gasteiger partial charge in [0.1, 0.15) is 5.60 Å². The molecular weight excluding hydrogens is 290 g/mol. The van der Waals surface area contributed by atoms with Crippen molar-refractivity contribution >= 4 is 10.9 Å². The van der Waals surface area contributed by atoms with Crippen molar-refractivity contribution < 1.29 is 10.2 Å². The predicted molar refractivity (Wildman–Crippen MR) is 89.8 cm³/mol. The molecule has 3 N–H and O–H groups in total. The zero-order valence-corrected chi connectivity index (χ0v) is 13.2. The van der Waals surface area contributed by atoms with E-state index < -0.39 is 5.60 Å². The standard InChI is InChI=1S/C18H19N3O2/c1-18(2,23)6-5-13-3-4-17-15(9-13)16(12-21(17)7-8-22)14-10-19-20-11-14/h3-4,9-12,22-23H,7-8H2,1-2H3,(H,19,20). The Bertz CT molecular complexity index is 875. The zero-order chi connectivity index (χ0) is 16.4. The number of nitrogens with zero attached hydrogens (tertiary/aromatic N) is 2. The molecule has 3 rings (SSSR count). The lowest BCUT2D eigenvalue weighted by Gasteiger charge is -2.06. The molecule has 1 aromatic carbocycles. The van der Waals surface area contributed by atoms with E-state index >= 15 is 0 Å². The van der Waals surface area contributed by atoms with Gasteiger partial charge in [-0.3, -0.25) is 5.10 Å². The number of aromatic amines is 1. The minimum Gasteiger partial charge on any atom is -0.395 e. The average molecular weight is 309 g/mol. The minimum atomic E-state index is -1.02. The second-order valence-corrected chi connectivity index (χ2v) is 5.99. The first-order chi connectivity index (χ1) is 11.0. The monoisotopic (exact) mass is 309 g/mol. The van der Waals surface area contributed by atoms with Crippen LogP contribution >= 0.6 is 0 Å². The van der Waals surface area contributed by atoms with Crippen molar-refractivity contribution in [2.75, 3.05) is 6.61 Å². The third-order valence-corrected chi connectivity index (χ3v) is 3.54. The maximum Gasteiger partial charge on any atom is 0.120 e. The van der Waals surface area contributed by atoms with Crippen molar-refractivity contribution in [3.05, 3.63) is 42.4 Å². The third-order valence-electron chi connectivity index (χ3n) is 3.54. The van der Waals surface area contributed by atoms with Gasteiger partial charge in [0.05, 0.1) is 12.8 Å². The van der Waals surface area contributed by atoms with Gasteiger partial charge in [-0.05, 0) is 32.0 Å². The number of hydrogen-bond acceptors (Lipinski definition) is 3. The number of nitrogens with one attached hydrogen (secondary N) is 1. The summed E-state index contributed by atoms with van der Waals surface area (Å²) in [5, 5.41) is 26.9. The fraction of sp³-hybridized carbons (Fsp3) is 0.278. The predicted octanol–water partition coefficient (Wildman–Crippen LogP) is 2.15. The number of aliphatic hydroxyl groups is 2. The molecule has 23 heavy (non-hydrogen) atoms. The maximum atomic E-state index is 9.75. The number of rotatable bonds is 3. The van der Waals surface area contributed by atoms with E-state index in [1.165, 1.54) is 0 Å². The average Bonchev–Trinajstić information content (AvgIpc) is 3.12. The molecule has 0 bridgehead atoms. The van der Waals surface area contributed by atoms with Crippen LogP contribution in [-0.4, -0.2) is 37.2 Å². The van der Waals surface area contributed by atoms with Gasteiger partial charge in [0.25, 0.3) is 0 Å². The van der Waals surface area contributed by atoms with Gasteiger partial charge in [0, 0.05) is 46.5 Å². The first kappa shape index (κ1) is 15.3. The van der Waals surface area contributed by atoms with Crippen LogP contribution in [0.4, 0.5) is 0 Å². The first-order valence-corrected chi connectivity index (χ1v) is 7.46. The summed E-state index contributed by atoms with van der Waals surface area (Å²) < 4.78 is 2.02. The molecule has 0 atom stereocenters. The van der Waals surface area contributed by atoms with E-state index in [1.807, 2.05) is 35.2 Å². The molecule has 0 saturated carbocycles. The zero-order valence-electron chi connectivity index (χ0n) is 13.2. The van der Waals surface area contributed by atoms with Crippen LogP contribution in [0.3, 0.4) is 0 Å². The Morgan fingerprint density at radius 1 is 1.35 bits per heavy atom. The molecule has 2 heterocycles. The lowest BCUT2D eigenvalue weighted by Crippen LogP contribution is -2.14. The number of aliphatic hydroxyl groups excluding tert-OH is 1. The number of benzene rings is 1. The van der Waals surface area contributed by atoms with E-state index in [-0.39, 0.29) is 6.61 Å². The lowest BCUT2D eigenvalue weighted by atomic mass is 10.0. The lowest BCUT2D eigenvalue weighted by molar-refractivity contribution is 0.143. The van der Waals surface area contributed by atoms with Crippen LogP contribution in [0.25, 0.3) is 22.0 Å². The van der Waals surface area contributed by atoms with Gasteiger partial charge in [-0.1, -0.05) is 11.8 Å². The van der Waals surface area contributed by atoms with Crippen LogP contribution in [0.5, 0.6) is 0 Å². The molecule has 0 amide bonds. The highest BCUT2D eigenvalue weighted by Gasteiger charge is 2.12. The Hall–Kier alpha value is -2.55. The molecule has 0 fully saturated rings. The molecule has 0 aliphatic carbocycles. The van der Waals surface area contributed by atoms with E-state index in [0.717, 1.165) is 27.6 Å². The summed E-state index contributed by atoms with van der Waals surface area (Å²) in [5.74, 6) is 5.84. The molecule has 5 heteroatoms. The van der Waals surface area contributed by atoms with Gasteiger partial charge in [-0.25, -0.2) is 0 Å². The Morgan fingerprint density at radius 3 is 2.83 bits per heavy atom. The first-order valence-electron chi connectivity index (χ1n) is 7.46. The molecule has 0 radical (unpaired) electrons.